The summed E-state index contributed by atoms with van der Waals surface area (Å²) in [7, 11) is 1.97. The summed E-state index contributed by atoms with van der Waals surface area (Å²) in [5.74, 6) is 2.77. The molecule has 132 valence electrons. The first-order chi connectivity index (χ1) is 11.2. The number of para-hydroxylation sites is 1. The average molecular weight is 445 g/mol. The van der Waals surface area contributed by atoms with E-state index in [4.69, 9.17) is 9.26 Å². The van der Waals surface area contributed by atoms with Gasteiger partial charge in [-0.05, 0) is 19.1 Å². The summed E-state index contributed by atoms with van der Waals surface area (Å²) in [5.41, 5.74) is 0. The van der Waals surface area contributed by atoms with Gasteiger partial charge in [-0.1, -0.05) is 23.4 Å². The first-order valence-electron chi connectivity index (χ1n) is 7.65. The molecule has 7 nitrogen and oxygen atoms in total. The van der Waals surface area contributed by atoms with Gasteiger partial charge in [-0.2, -0.15) is 4.98 Å². The number of aliphatic imine (C=N–C) groups is 1. The summed E-state index contributed by atoms with van der Waals surface area (Å²) in [6, 6.07) is 9.76. The summed E-state index contributed by atoms with van der Waals surface area (Å²) in [6.45, 7) is 6.25. The van der Waals surface area contributed by atoms with E-state index in [2.05, 4.69) is 20.4 Å². The van der Waals surface area contributed by atoms with Crippen molar-refractivity contribution in [2.75, 3.05) is 26.7 Å². The highest BCUT2D eigenvalue weighted by Gasteiger charge is 2.07. The zero-order valence-corrected chi connectivity index (χ0v) is 16.6. The van der Waals surface area contributed by atoms with Gasteiger partial charge in [0.2, 0.25) is 5.89 Å². The van der Waals surface area contributed by atoms with E-state index < -0.39 is 0 Å². The highest BCUT2D eigenvalue weighted by molar-refractivity contribution is 14.0. The van der Waals surface area contributed by atoms with Crippen molar-refractivity contribution in [3.63, 3.8) is 0 Å². The molecule has 0 saturated carbocycles. The van der Waals surface area contributed by atoms with Crippen LogP contribution < -0.4 is 10.1 Å². The predicted molar refractivity (Wildman–Crippen MR) is 104 cm³/mol. The highest BCUT2D eigenvalue weighted by atomic mass is 127. The van der Waals surface area contributed by atoms with Crippen molar-refractivity contribution in [3.05, 3.63) is 42.0 Å². The van der Waals surface area contributed by atoms with Gasteiger partial charge in [-0.3, -0.25) is 0 Å². The molecule has 0 bridgehead atoms. The molecule has 0 fully saturated rings. The zero-order valence-electron chi connectivity index (χ0n) is 14.2. The molecular weight excluding hydrogens is 421 g/mol. The molecule has 24 heavy (non-hydrogen) atoms. The van der Waals surface area contributed by atoms with Crippen molar-refractivity contribution in [1.29, 1.82) is 0 Å². The Morgan fingerprint density at radius 2 is 2.08 bits per heavy atom. The lowest BCUT2D eigenvalue weighted by Crippen LogP contribution is -2.40. The molecule has 1 N–H and O–H groups in total. The molecule has 8 heteroatoms. The normalized spacial score (nSPS) is 10.9. The van der Waals surface area contributed by atoms with Gasteiger partial charge in [0.25, 0.3) is 0 Å². The minimum atomic E-state index is 0. The largest absolute Gasteiger partial charge is 0.492 e. The molecule has 0 aliphatic carbocycles. The van der Waals surface area contributed by atoms with E-state index in [1.165, 1.54) is 0 Å². The van der Waals surface area contributed by atoms with Gasteiger partial charge in [-0.15, -0.1) is 24.0 Å². The number of aromatic nitrogens is 2. The van der Waals surface area contributed by atoms with Crippen LogP contribution in [0.1, 0.15) is 18.6 Å². The molecule has 0 aliphatic rings. The first-order valence-corrected chi connectivity index (χ1v) is 7.65. The highest BCUT2D eigenvalue weighted by Crippen LogP contribution is 2.07. The third kappa shape index (κ3) is 6.73. The van der Waals surface area contributed by atoms with Crippen LogP contribution in [0.2, 0.25) is 0 Å². The van der Waals surface area contributed by atoms with Gasteiger partial charge in [0.1, 0.15) is 18.9 Å². The van der Waals surface area contributed by atoms with Crippen molar-refractivity contribution < 1.29 is 9.26 Å². The molecule has 0 spiro atoms. The third-order valence-electron chi connectivity index (χ3n) is 3.07. The minimum absolute atomic E-state index is 0. The van der Waals surface area contributed by atoms with Gasteiger partial charge in [-0.25, -0.2) is 4.99 Å². The Balaban J connectivity index is 0.00000288. The van der Waals surface area contributed by atoms with Crippen LogP contribution in [0.25, 0.3) is 0 Å². The van der Waals surface area contributed by atoms with Gasteiger partial charge in [0.15, 0.2) is 11.8 Å². The molecule has 2 rings (SSSR count). The Hall–Kier alpha value is -1.84. The Kier molecular flexibility index (Phi) is 9.13. The SMILES string of the molecule is CCNC(=NCc1noc(C)n1)N(C)CCOc1ccccc1.I. The number of guanidine groups is 1. The van der Waals surface area contributed by atoms with Crippen LogP contribution in [0.5, 0.6) is 5.75 Å². The Morgan fingerprint density at radius 3 is 2.71 bits per heavy atom. The fraction of sp³-hybridized carbons (Fsp3) is 0.438. The van der Waals surface area contributed by atoms with Gasteiger partial charge >= 0.3 is 0 Å². The Labute approximate surface area is 159 Å². The van der Waals surface area contributed by atoms with Crippen LogP contribution in [0, 0.1) is 6.92 Å². The van der Waals surface area contributed by atoms with E-state index in [0.717, 1.165) is 18.3 Å². The number of rotatable bonds is 7. The van der Waals surface area contributed by atoms with Gasteiger partial charge < -0.3 is 19.5 Å². The topological polar surface area (TPSA) is 75.8 Å². The maximum Gasteiger partial charge on any atom is 0.223 e. The quantitative estimate of drug-likeness (QED) is 0.401. The fourth-order valence-electron chi connectivity index (χ4n) is 1.94. The third-order valence-corrected chi connectivity index (χ3v) is 3.07. The van der Waals surface area contributed by atoms with Crippen LogP contribution in [-0.2, 0) is 6.54 Å². The summed E-state index contributed by atoms with van der Waals surface area (Å²) in [6.07, 6.45) is 0. The molecule has 2 aromatic rings. The van der Waals surface area contributed by atoms with Crippen molar-refractivity contribution in [2.45, 2.75) is 20.4 Å². The standard InChI is InChI=1S/C16H23N5O2.HI/c1-4-17-16(18-12-15-19-13(2)23-20-15)21(3)10-11-22-14-8-6-5-7-9-14;/h5-9H,4,10-12H2,1-3H3,(H,17,18);1H. The summed E-state index contributed by atoms with van der Waals surface area (Å²) >= 11 is 0. The number of ether oxygens (including phenoxy) is 1. The van der Waals surface area contributed by atoms with E-state index in [1.54, 1.807) is 6.92 Å². The molecule has 0 aliphatic heterocycles. The summed E-state index contributed by atoms with van der Waals surface area (Å²) < 4.78 is 10.7. The second-order valence-electron chi connectivity index (χ2n) is 4.98. The second kappa shape index (κ2) is 10.8. The first kappa shape index (κ1) is 20.2. The van der Waals surface area contributed by atoms with Crippen molar-refractivity contribution in [1.82, 2.24) is 20.4 Å². The molecule has 0 radical (unpaired) electrons. The molecule has 0 saturated heterocycles. The van der Waals surface area contributed by atoms with E-state index in [9.17, 15) is 0 Å². The number of benzene rings is 1. The smallest absolute Gasteiger partial charge is 0.223 e. The average Bonchev–Trinajstić information content (AvgIpc) is 2.98. The van der Waals surface area contributed by atoms with Crippen LogP contribution in [0.3, 0.4) is 0 Å². The summed E-state index contributed by atoms with van der Waals surface area (Å²) in [4.78, 5) is 10.7. The number of aryl methyl sites for hydroxylation is 1. The monoisotopic (exact) mass is 445 g/mol. The number of nitrogens with one attached hydrogen (secondary N) is 1. The van der Waals surface area contributed by atoms with Crippen molar-refractivity contribution >= 4 is 29.9 Å². The minimum Gasteiger partial charge on any atom is -0.492 e. The molecule has 0 atom stereocenters. The lowest BCUT2D eigenvalue weighted by Gasteiger charge is -2.21. The molecular formula is C16H24IN5O2. The van der Waals surface area contributed by atoms with Gasteiger partial charge in [0, 0.05) is 20.5 Å². The maximum absolute atomic E-state index is 5.71. The lowest BCUT2D eigenvalue weighted by atomic mass is 10.3. The summed E-state index contributed by atoms with van der Waals surface area (Å²) in [5, 5.41) is 7.09. The number of nitrogens with zero attached hydrogens (tertiary/aromatic N) is 4. The fourth-order valence-corrected chi connectivity index (χ4v) is 1.94. The molecule has 0 unspecified atom stereocenters. The maximum atomic E-state index is 5.71. The van der Waals surface area contributed by atoms with Crippen molar-refractivity contribution in [3.8, 4) is 5.75 Å². The number of hydrogen-bond acceptors (Lipinski definition) is 5. The van der Waals surface area contributed by atoms with Crippen LogP contribution in [0.15, 0.2) is 39.8 Å². The number of hydrogen-bond donors (Lipinski definition) is 1. The van der Waals surface area contributed by atoms with Crippen LogP contribution >= 0.6 is 24.0 Å². The molecule has 1 aromatic carbocycles. The van der Waals surface area contributed by atoms with E-state index in [1.807, 2.05) is 49.2 Å². The molecule has 1 heterocycles. The molecule has 0 amide bonds. The number of likely N-dealkylation sites (N-methyl/N-ethyl adjacent to an activating group) is 1. The second-order valence-corrected chi connectivity index (χ2v) is 4.98. The van der Waals surface area contributed by atoms with Crippen molar-refractivity contribution in [2.24, 2.45) is 4.99 Å². The number of halogens is 1. The molecule has 1 aromatic heterocycles. The van der Waals surface area contributed by atoms with Gasteiger partial charge in [0.05, 0.1) is 6.54 Å². The van der Waals surface area contributed by atoms with E-state index >= 15 is 0 Å². The Bertz CT molecular complexity index is 618. The predicted octanol–water partition coefficient (Wildman–Crippen LogP) is 2.47. The zero-order chi connectivity index (χ0) is 16.5. The van der Waals surface area contributed by atoms with E-state index in [-0.39, 0.29) is 24.0 Å². The Morgan fingerprint density at radius 1 is 1.33 bits per heavy atom. The van der Waals surface area contributed by atoms with Crippen LogP contribution in [0.4, 0.5) is 0 Å². The van der Waals surface area contributed by atoms with Crippen LogP contribution in [-0.4, -0.2) is 47.7 Å². The lowest BCUT2D eigenvalue weighted by molar-refractivity contribution is 0.281. The van der Waals surface area contributed by atoms with E-state index in [0.29, 0.717) is 31.4 Å².